The molecule has 2 rings (SSSR count). The number of ether oxygens (including phenoxy) is 2. The standard InChI is InChI=1S/C19H29N3O4/c1-5-8-20-17(23)12-22(4)19(24)21-18(13(2)3)14-6-7-15-16(11-14)26-10-9-25-15/h6-7,11,13,18H,5,8-10,12H2,1-4H3,(H,20,23)(H,21,24)/t18-/m1/s1. The van der Waals surface area contributed by atoms with Gasteiger partial charge in [0.05, 0.1) is 6.04 Å². The van der Waals surface area contributed by atoms with E-state index in [4.69, 9.17) is 9.47 Å². The van der Waals surface area contributed by atoms with Crippen LogP contribution in [-0.4, -0.2) is 50.2 Å². The van der Waals surface area contributed by atoms with Crippen molar-refractivity contribution < 1.29 is 19.1 Å². The maximum absolute atomic E-state index is 12.5. The fraction of sp³-hybridized carbons (Fsp3) is 0.579. The van der Waals surface area contributed by atoms with E-state index in [0.717, 1.165) is 17.7 Å². The Kier molecular flexibility index (Phi) is 7.12. The van der Waals surface area contributed by atoms with Crippen LogP contribution in [0.4, 0.5) is 4.79 Å². The van der Waals surface area contributed by atoms with Crippen molar-refractivity contribution >= 4 is 11.9 Å². The van der Waals surface area contributed by atoms with E-state index in [1.54, 1.807) is 7.05 Å². The topological polar surface area (TPSA) is 79.9 Å². The van der Waals surface area contributed by atoms with Crippen LogP contribution in [0.1, 0.15) is 38.8 Å². The Morgan fingerprint density at radius 3 is 2.54 bits per heavy atom. The van der Waals surface area contributed by atoms with E-state index in [1.165, 1.54) is 4.90 Å². The Labute approximate surface area is 155 Å². The quantitative estimate of drug-likeness (QED) is 0.779. The minimum Gasteiger partial charge on any atom is -0.486 e. The Morgan fingerprint density at radius 2 is 1.88 bits per heavy atom. The monoisotopic (exact) mass is 363 g/mol. The molecule has 0 unspecified atom stereocenters. The molecule has 1 heterocycles. The van der Waals surface area contributed by atoms with Gasteiger partial charge in [-0.1, -0.05) is 26.8 Å². The molecule has 0 fully saturated rings. The third-order valence-corrected chi connectivity index (χ3v) is 4.17. The van der Waals surface area contributed by atoms with E-state index < -0.39 is 0 Å². The Hall–Kier alpha value is -2.44. The summed E-state index contributed by atoms with van der Waals surface area (Å²) in [5.74, 6) is 1.42. The van der Waals surface area contributed by atoms with Gasteiger partial charge in [0, 0.05) is 13.6 Å². The van der Waals surface area contributed by atoms with Crippen LogP contribution in [0, 0.1) is 5.92 Å². The molecule has 7 nitrogen and oxygen atoms in total. The van der Waals surface area contributed by atoms with E-state index >= 15 is 0 Å². The summed E-state index contributed by atoms with van der Waals surface area (Å²) in [5.41, 5.74) is 0.946. The third kappa shape index (κ3) is 5.28. The number of likely N-dealkylation sites (N-methyl/N-ethyl adjacent to an activating group) is 1. The molecule has 7 heteroatoms. The van der Waals surface area contributed by atoms with E-state index in [0.29, 0.717) is 25.5 Å². The maximum atomic E-state index is 12.5. The number of hydrogen-bond acceptors (Lipinski definition) is 4. The molecule has 0 bridgehead atoms. The predicted molar refractivity (Wildman–Crippen MR) is 99.5 cm³/mol. The molecule has 1 aromatic rings. The second-order valence-corrected chi connectivity index (χ2v) is 6.78. The van der Waals surface area contributed by atoms with Crippen molar-refractivity contribution in [2.45, 2.75) is 33.2 Å². The van der Waals surface area contributed by atoms with Gasteiger partial charge in [0.15, 0.2) is 11.5 Å². The maximum Gasteiger partial charge on any atom is 0.318 e. The number of nitrogens with zero attached hydrogens (tertiary/aromatic N) is 1. The summed E-state index contributed by atoms with van der Waals surface area (Å²) >= 11 is 0. The molecule has 0 radical (unpaired) electrons. The number of hydrogen-bond donors (Lipinski definition) is 2. The van der Waals surface area contributed by atoms with Crippen LogP contribution >= 0.6 is 0 Å². The van der Waals surface area contributed by atoms with Crippen molar-refractivity contribution in [3.63, 3.8) is 0 Å². The molecular formula is C19H29N3O4. The van der Waals surface area contributed by atoms with Gasteiger partial charge in [0.1, 0.15) is 19.8 Å². The van der Waals surface area contributed by atoms with E-state index in [1.807, 2.05) is 39.0 Å². The first-order chi connectivity index (χ1) is 12.4. The molecule has 26 heavy (non-hydrogen) atoms. The van der Waals surface area contributed by atoms with Crippen LogP contribution in [0.5, 0.6) is 11.5 Å². The average molecular weight is 363 g/mol. The van der Waals surface area contributed by atoms with Gasteiger partial charge in [-0.25, -0.2) is 4.79 Å². The van der Waals surface area contributed by atoms with Gasteiger partial charge in [-0.15, -0.1) is 0 Å². The molecule has 0 saturated carbocycles. The van der Waals surface area contributed by atoms with Crippen molar-refractivity contribution in [3.05, 3.63) is 23.8 Å². The van der Waals surface area contributed by atoms with Crippen molar-refractivity contribution in [1.82, 2.24) is 15.5 Å². The molecule has 3 amide bonds. The normalized spacial score (nSPS) is 13.9. The highest BCUT2D eigenvalue weighted by Gasteiger charge is 2.23. The number of benzene rings is 1. The molecular weight excluding hydrogens is 334 g/mol. The van der Waals surface area contributed by atoms with Gasteiger partial charge < -0.3 is 25.0 Å². The largest absolute Gasteiger partial charge is 0.486 e. The zero-order chi connectivity index (χ0) is 19.1. The Balaban J connectivity index is 2.03. The lowest BCUT2D eigenvalue weighted by Gasteiger charge is -2.27. The van der Waals surface area contributed by atoms with Crippen molar-refractivity contribution in [3.8, 4) is 11.5 Å². The number of carbonyl (C=O) groups excluding carboxylic acids is 2. The second kappa shape index (κ2) is 9.31. The summed E-state index contributed by atoms with van der Waals surface area (Å²) in [6.07, 6.45) is 0.862. The first-order valence-electron chi connectivity index (χ1n) is 9.10. The lowest BCUT2D eigenvalue weighted by atomic mass is 9.95. The fourth-order valence-corrected chi connectivity index (χ4v) is 2.74. The van der Waals surface area contributed by atoms with Crippen LogP contribution in [0.25, 0.3) is 0 Å². The Morgan fingerprint density at radius 1 is 1.19 bits per heavy atom. The predicted octanol–water partition coefficient (Wildman–Crippen LogP) is 2.32. The van der Waals surface area contributed by atoms with Gasteiger partial charge in [-0.05, 0) is 30.0 Å². The fourth-order valence-electron chi connectivity index (χ4n) is 2.74. The highest BCUT2D eigenvalue weighted by Crippen LogP contribution is 2.34. The van der Waals surface area contributed by atoms with E-state index in [2.05, 4.69) is 10.6 Å². The van der Waals surface area contributed by atoms with Gasteiger partial charge in [-0.2, -0.15) is 0 Å². The van der Waals surface area contributed by atoms with Crippen LogP contribution in [-0.2, 0) is 4.79 Å². The lowest BCUT2D eigenvalue weighted by Crippen LogP contribution is -2.45. The van der Waals surface area contributed by atoms with Crippen LogP contribution in [0.2, 0.25) is 0 Å². The highest BCUT2D eigenvalue weighted by molar-refractivity contribution is 5.84. The smallest absolute Gasteiger partial charge is 0.318 e. The molecule has 0 aliphatic carbocycles. The zero-order valence-corrected chi connectivity index (χ0v) is 16.0. The zero-order valence-electron chi connectivity index (χ0n) is 16.0. The SMILES string of the molecule is CCCNC(=O)CN(C)C(=O)N[C@@H](c1ccc2c(c1)OCCO2)C(C)C. The van der Waals surface area contributed by atoms with Crippen LogP contribution < -0.4 is 20.1 Å². The lowest BCUT2D eigenvalue weighted by molar-refractivity contribution is -0.121. The van der Waals surface area contributed by atoms with Crippen LogP contribution in [0.15, 0.2) is 18.2 Å². The van der Waals surface area contributed by atoms with Crippen LogP contribution in [0.3, 0.4) is 0 Å². The van der Waals surface area contributed by atoms with Gasteiger partial charge in [0.25, 0.3) is 0 Å². The minimum absolute atomic E-state index is 0.0256. The van der Waals surface area contributed by atoms with Gasteiger partial charge >= 0.3 is 6.03 Å². The van der Waals surface area contributed by atoms with Crippen molar-refractivity contribution in [1.29, 1.82) is 0 Å². The van der Waals surface area contributed by atoms with E-state index in [9.17, 15) is 9.59 Å². The van der Waals surface area contributed by atoms with Gasteiger partial charge in [-0.3, -0.25) is 4.79 Å². The summed E-state index contributed by atoms with van der Waals surface area (Å²) < 4.78 is 11.2. The summed E-state index contributed by atoms with van der Waals surface area (Å²) in [4.78, 5) is 25.7. The number of rotatable bonds is 7. The molecule has 0 aromatic heterocycles. The number of urea groups is 1. The molecule has 1 atom stereocenters. The minimum atomic E-state index is -0.287. The van der Waals surface area contributed by atoms with Crippen molar-refractivity contribution in [2.24, 2.45) is 5.92 Å². The number of fused-ring (bicyclic) bond motifs is 1. The molecule has 0 saturated heterocycles. The molecule has 1 aliphatic rings. The summed E-state index contributed by atoms with van der Waals surface area (Å²) in [5, 5.41) is 5.78. The number of amides is 3. The summed E-state index contributed by atoms with van der Waals surface area (Å²) in [6, 6.07) is 5.23. The first-order valence-corrected chi connectivity index (χ1v) is 9.10. The highest BCUT2D eigenvalue weighted by atomic mass is 16.6. The first kappa shape index (κ1) is 19.9. The average Bonchev–Trinajstić information content (AvgIpc) is 2.63. The molecule has 0 spiro atoms. The van der Waals surface area contributed by atoms with Gasteiger partial charge in [0.2, 0.25) is 5.91 Å². The molecule has 1 aromatic carbocycles. The number of nitrogens with one attached hydrogen (secondary N) is 2. The van der Waals surface area contributed by atoms with E-state index in [-0.39, 0.29) is 30.4 Å². The number of carbonyl (C=O) groups is 2. The third-order valence-electron chi connectivity index (χ3n) is 4.17. The molecule has 2 N–H and O–H groups in total. The Bertz CT molecular complexity index is 633. The summed E-state index contributed by atoms with van der Waals surface area (Å²) in [6.45, 7) is 7.76. The van der Waals surface area contributed by atoms with Crippen molar-refractivity contribution in [2.75, 3.05) is 33.4 Å². The molecule has 144 valence electrons. The summed E-state index contributed by atoms with van der Waals surface area (Å²) in [7, 11) is 1.61. The molecule has 1 aliphatic heterocycles. The second-order valence-electron chi connectivity index (χ2n) is 6.78.